The van der Waals surface area contributed by atoms with E-state index in [1.807, 2.05) is 25.2 Å². The smallest absolute Gasteiger partial charge is 0.268 e. The predicted molar refractivity (Wildman–Crippen MR) is 131 cm³/mol. The zero-order valence-corrected chi connectivity index (χ0v) is 20.8. The van der Waals surface area contributed by atoms with Gasteiger partial charge in [-0.25, -0.2) is 13.4 Å². The summed E-state index contributed by atoms with van der Waals surface area (Å²) in [4.78, 5) is 9.35. The molecule has 2 heterocycles. The van der Waals surface area contributed by atoms with Gasteiger partial charge in [-0.1, -0.05) is 29.8 Å². The van der Waals surface area contributed by atoms with Gasteiger partial charge in [0.1, 0.15) is 5.69 Å². The number of hydrogen-bond acceptors (Lipinski definition) is 8. The zero-order chi connectivity index (χ0) is 24.5. The van der Waals surface area contributed by atoms with Gasteiger partial charge in [0.2, 0.25) is 5.89 Å². The largest absolute Gasteiger partial charge is 0.414 e. The van der Waals surface area contributed by atoms with Crippen LogP contribution in [0.3, 0.4) is 0 Å². The molecule has 0 unspecified atom stereocenters. The minimum atomic E-state index is -3.35. The number of benzene rings is 2. The Bertz CT molecular complexity index is 1430. The van der Waals surface area contributed by atoms with Gasteiger partial charge in [-0.15, -0.1) is 10.2 Å². The first-order chi connectivity index (χ1) is 16.2. The fourth-order valence-electron chi connectivity index (χ4n) is 3.35. The van der Waals surface area contributed by atoms with Crippen molar-refractivity contribution in [1.82, 2.24) is 25.5 Å². The van der Waals surface area contributed by atoms with E-state index in [-0.39, 0.29) is 16.7 Å². The van der Waals surface area contributed by atoms with Gasteiger partial charge in [-0.05, 0) is 57.6 Å². The molecule has 0 aliphatic rings. The predicted octanol–water partition coefficient (Wildman–Crippen LogP) is 4.72. The van der Waals surface area contributed by atoms with E-state index in [0.717, 1.165) is 11.1 Å². The van der Waals surface area contributed by atoms with Gasteiger partial charge in [-0.2, -0.15) is 0 Å². The van der Waals surface area contributed by atoms with Gasteiger partial charge in [0.15, 0.2) is 9.84 Å². The number of aryl methyl sites for hydroxylation is 1. The summed E-state index contributed by atoms with van der Waals surface area (Å²) in [5.41, 5.74) is 4.01. The molecule has 4 aromatic rings. The van der Waals surface area contributed by atoms with E-state index in [2.05, 4.69) is 25.5 Å². The lowest BCUT2D eigenvalue weighted by atomic mass is 10.1. The van der Waals surface area contributed by atoms with Crippen LogP contribution in [0.5, 0.6) is 0 Å². The Balaban J connectivity index is 1.66. The molecule has 0 saturated heterocycles. The molecule has 0 amide bonds. The Kier molecular flexibility index (Phi) is 6.79. The standard InChI is InChI=1S/C24H24ClN5O3S/c1-14(2)34(31,32)18-8-6-17(7-9-18)21-13-27-15(3)22(28-21)24-30-29-23(33-24)19-10-5-16(12-26-4)11-20(19)25/h5-11,13-14,26H,12H2,1-4H3. The Morgan fingerprint density at radius 2 is 1.76 bits per heavy atom. The Hall–Kier alpha value is -3.14. The number of hydrogen-bond donors (Lipinski definition) is 1. The topological polar surface area (TPSA) is 111 Å². The van der Waals surface area contributed by atoms with Crippen LogP contribution in [0.2, 0.25) is 5.02 Å². The van der Waals surface area contributed by atoms with Crippen molar-refractivity contribution in [3.63, 3.8) is 0 Å². The van der Waals surface area contributed by atoms with Crippen LogP contribution in [0.15, 0.2) is 58.0 Å². The Labute approximate surface area is 203 Å². The fraction of sp³-hybridized carbons (Fsp3) is 0.250. The van der Waals surface area contributed by atoms with Gasteiger partial charge in [-0.3, -0.25) is 4.98 Å². The molecule has 34 heavy (non-hydrogen) atoms. The van der Waals surface area contributed by atoms with Gasteiger partial charge in [0, 0.05) is 12.1 Å². The molecular formula is C24H24ClN5O3S. The maximum absolute atomic E-state index is 12.4. The maximum atomic E-state index is 12.4. The Morgan fingerprint density at radius 1 is 1.06 bits per heavy atom. The summed E-state index contributed by atoms with van der Waals surface area (Å²) in [6, 6.07) is 12.2. The molecule has 4 rings (SSSR count). The quantitative estimate of drug-likeness (QED) is 0.390. The molecule has 2 aromatic heterocycles. The molecule has 0 radical (unpaired) electrons. The molecule has 2 aromatic carbocycles. The number of sulfone groups is 1. The number of halogens is 1. The highest BCUT2D eigenvalue weighted by atomic mass is 35.5. The third-order valence-corrected chi connectivity index (χ3v) is 7.81. The summed E-state index contributed by atoms with van der Waals surface area (Å²) in [7, 11) is -1.48. The van der Waals surface area contributed by atoms with E-state index in [1.165, 1.54) is 0 Å². The SMILES string of the molecule is CNCc1ccc(-c2nnc(-c3nc(-c4ccc(S(=O)(=O)C(C)C)cc4)cnc3C)o2)c(Cl)c1. The second-order valence-corrected chi connectivity index (χ2v) is 11.0. The number of aromatic nitrogens is 4. The van der Waals surface area contributed by atoms with Crippen molar-refractivity contribution in [1.29, 1.82) is 0 Å². The van der Waals surface area contributed by atoms with E-state index in [4.69, 9.17) is 16.0 Å². The summed E-state index contributed by atoms with van der Waals surface area (Å²) in [6.07, 6.45) is 1.62. The monoisotopic (exact) mass is 497 g/mol. The molecule has 0 fully saturated rings. The fourth-order valence-corrected chi connectivity index (χ4v) is 4.70. The molecule has 0 bridgehead atoms. The molecule has 10 heteroatoms. The van der Waals surface area contributed by atoms with E-state index >= 15 is 0 Å². The third kappa shape index (κ3) is 4.72. The van der Waals surface area contributed by atoms with Gasteiger partial charge >= 0.3 is 0 Å². The lowest BCUT2D eigenvalue weighted by Gasteiger charge is -2.09. The van der Waals surface area contributed by atoms with E-state index in [9.17, 15) is 8.42 Å². The third-order valence-electron chi connectivity index (χ3n) is 5.33. The van der Waals surface area contributed by atoms with Gasteiger partial charge in [0.25, 0.3) is 5.89 Å². The van der Waals surface area contributed by atoms with Crippen molar-refractivity contribution in [3.05, 3.63) is 64.9 Å². The molecule has 0 spiro atoms. The highest BCUT2D eigenvalue weighted by molar-refractivity contribution is 7.92. The van der Waals surface area contributed by atoms with Gasteiger partial charge < -0.3 is 9.73 Å². The first kappa shape index (κ1) is 24.0. The highest BCUT2D eigenvalue weighted by Crippen LogP contribution is 2.31. The Morgan fingerprint density at radius 3 is 2.41 bits per heavy atom. The lowest BCUT2D eigenvalue weighted by molar-refractivity contribution is 0.581. The summed E-state index contributed by atoms with van der Waals surface area (Å²) in [5, 5.41) is 11.4. The summed E-state index contributed by atoms with van der Waals surface area (Å²) in [6.45, 7) is 5.81. The molecule has 0 aliphatic carbocycles. The summed E-state index contributed by atoms with van der Waals surface area (Å²) < 4.78 is 30.7. The van der Waals surface area contributed by atoms with Crippen LogP contribution in [0, 0.1) is 6.92 Å². The minimum absolute atomic E-state index is 0.219. The van der Waals surface area contributed by atoms with Crippen LogP contribution in [-0.4, -0.2) is 40.9 Å². The average Bonchev–Trinajstić information content (AvgIpc) is 3.29. The number of nitrogens with zero attached hydrogens (tertiary/aromatic N) is 4. The zero-order valence-electron chi connectivity index (χ0n) is 19.2. The van der Waals surface area contributed by atoms with Crippen LogP contribution in [0.25, 0.3) is 34.3 Å². The average molecular weight is 498 g/mol. The van der Waals surface area contributed by atoms with Crippen molar-refractivity contribution in [2.45, 2.75) is 37.5 Å². The highest BCUT2D eigenvalue weighted by Gasteiger charge is 2.20. The van der Waals surface area contributed by atoms with Crippen LogP contribution in [-0.2, 0) is 16.4 Å². The van der Waals surface area contributed by atoms with E-state index in [1.54, 1.807) is 51.2 Å². The summed E-state index contributed by atoms with van der Waals surface area (Å²) >= 11 is 6.43. The van der Waals surface area contributed by atoms with Crippen molar-refractivity contribution in [2.75, 3.05) is 7.05 Å². The van der Waals surface area contributed by atoms with Gasteiger partial charge in [0.05, 0.1) is 38.3 Å². The van der Waals surface area contributed by atoms with Crippen molar-refractivity contribution in [3.8, 4) is 34.3 Å². The van der Waals surface area contributed by atoms with Crippen LogP contribution in [0.1, 0.15) is 25.1 Å². The van der Waals surface area contributed by atoms with Crippen molar-refractivity contribution in [2.24, 2.45) is 0 Å². The molecular weight excluding hydrogens is 474 g/mol. The lowest BCUT2D eigenvalue weighted by Crippen LogP contribution is -2.13. The second-order valence-electron chi connectivity index (χ2n) is 8.06. The molecule has 0 saturated carbocycles. The van der Waals surface area contributed by atoms with E-state index < -0.39 is 15.1 Å². The molecule has 0 aliphatic heterocycles. The first-order valence-electron chi connectivity index (χ1n) is 10.7. The molecule has 176 valence electrons. The summed E-state index contributed by atoms with van der Waals surface area (Å²) in [5.74, 6) is 0.502. The van der Waals surface area contributed by atoms with Crippen LogP contribution < -0.4 is 5.32 Å². The molecule has 1 N–H and O–H groups in total. The first-order valence-corrected chi connectivity index (χ1v) is 12.6. The second kappa shape index (κ2) is 9.61. The molecule has 8 nitrogen and oxygen atoms in total. The maximum Gasteiger partial charge on any atom is 0.268 e. The van der Waals surface area contributed by atoms with Crippen molar-refractivity contribution >= 4 is 21.4 Å². The number of nitrogens with one attached hydrogen (secondary N) is 1. The van der Waals surface area contributed by atoms with Crippen LogP contribution >= 0.6 is 11.6 Å². The minimum Gasteiger partial charge on any atom is -0.414 e. The van der Waals surface area contributed by atoms with Crippen molar-refractivity contribution < 1.29 is 12.8 Å². The molecule has 0 atom stereocenters. The number of rotatable bonds is 7. The van der Waals surface area contributed by atoms with E-state index in [0.29, 0.717) is 34.2 Å². The normalized spacial score (nSPS) is 11.8. The van der Waals surface area contributed by atoms with Crippen LogP contribution in [0.4, 0.5) is 0 Å².